The summed E-state index contributed by atoms with van der Waals surface area (Å²) in [4.78, 5) is 23.7. The van der Waals surface area contributed by atoms with Crippen molar-refractivity contribution in [2.24, 2.45) is 17.3 Å². The van der Waals surface area contributed by atoms with Crippen LogP contribution < -0.4 is 0 Å². The summed E-state index contributed by atoms with van der Waals surface area (Å²) in [6, 6.07) is 0. The first-order valence-electron chi connectivity index (χ1n) is 8.70. The molecular formula is C21H26O4. The van der Waals surface area contributed by atoms with Gasteiger partial charge in [-0.1, -0.05) is 58.4 Å². The molecule has 0 aliphatic heterocycles. The van der Waals surface area contributed by atoms with Crippen molar-refractivity contribution in [2.75, 3.05) is 0 Å². The first-order chi connectivity index (χ1) is 11.8. The van der Waals surface area contributed by atoms with Gasteiger partial charge in [0, 0.05) is 17.4 Å². The van der Waals surface area contributed by atoms with Gasteiger partial charge >= 0.3 is 5.97 Å². The summed E-state index contributed by atoms with van der Waals surface area (Å²) in [6.45, 7) is 8.10. The van der Waals surface area contributed by atoms with Crippen molar-refractivity contribution >= 4 is 11.8 Å². The lowest BCUT2D eigenvalue weighted by molar-refractivity contribution is -0.144. The van der Waals surface area contributed by atoms with Crippen LogP contribution in [-0.4, -0.2) is 23.0 Å². The van der Waals surface area contributed by atoms with Gasteiger partial charge in [-0.05, 0) is 29.7 Å². The summed E-state index contributed by atoms with van der Waals surface area (Å²) < 4.78 is 5.54. The van der Waals surface area contributed by atoms with Crippen molar-refractivity contribution in [3.05, 3.63) is 59.9 Å². The number of allylic oxidation sites excluding steroid dienone is 7. The van der Waals surface area contributed by atoms with Gasteiger partial charge in [0.2, 0.25) is 5.78 Å². The van der Waals surface area contributed by atoms with Gasteiger partial charge in [0.05, 0.1) is 0 Å². The quantitative estimate of drug-likeness (QED) is 0.461. The van der Waals surface area contributed by atoms with E-state index in [1.807, 2.05) is 26.0 Å². The number of carbonyl (C=O) groups excluding carboxylic acids is 2. The minimum atomic E-state index is -0.544. The average Bonchev–Trinajstić information content (AvgIpc) is 2.57. The maximum Gasteiger partial charge on any atom is 0.331 e. The van der Waals surface area contributed by atoms with Crippen molar-refractivity contribution in [2.45, 2.75) is 40.2 Å². The Morgan fingerprint density at radius 3 is 2.84 bits per heavy atom. The molecule has 4 atom stereocenters. The van der Waals surface area contributed by atoms with Gasteiger partial charge in [-0.2, -0.15) is 0 Å². The summed E-state index contributed by atoms with van der Waals surface area (Å²) in [5.41, 5.74) is 0.278. The van der Waals surface area contributed by atoms with Crippen molar-refractivity contribution in [3.63, 3.8) is 0 Å². The zero-order valence-electron chi connectivity index (χ0n) is 15.2. The molecule has 0 heterocycles. The minimum Gasteiger partial charge on any atom is -0.504 e. The van der Waals surface area contributed by atoms with Crippen LogP contribution in [-0.2, 0) is 14.3 Å². The third-order valence-corrected chi connectivity index (χ3v) is 5.18. The van der Waals surface area contributed by atoms with Gasteiger partial charge in [0.25, 0.3) is 0 Å². The van der Waals surface area contributed by atoms with Crippen LogP contribution in [0.1, 0.15) is 34.1 Å². The van der Waals surface area contributed by atoms with Crippen LogP contribution in [0.5, 0.6) is 0 Å². The van der Waals surface area contributed by atoms with Crippen LogP contribution in [0.15, 0.2) is 59.9 Å². The van der Waals surface area contributed by atoms with Crippen LogP contribution in [0.2, 0.25) is 0 Å². The molecule has 4 unspecified atom stereocenters. The fourth-order valence-electron chi connectivity index (χ4n) is 2.98. The van der Waals surface area contributed by atoms with E-state index in [2.05, 4.69) is 13.8 Å². The normalized spacial score (nSPS) is 30.2. The van der Waals surface area contributed by atoms with Crippen molar-refractivity contribution in [3.8, 4) is 0 Å². The molecular weight excluding hydrogens is 316 g/mol. The number of ketones is 1. The van der Waals surface area contributed by atoms with Crippen molar-refractivity contribution in [1.29, 1.82) is 0 Å². The van der Waals surface area contributed by atoms with E-state index >= 15 is 0 Å². The van der Waals surface area contributed by atoms with Crippen LogP contribution in [0.25, 0.3) is 0 Å². The summed E-state index contributed by atoms with van der Waals surface area (Å²) in [5.74, 6) is -0.691. The van der Waals surface area contributed by atoms with Gasteiger partial charge in [-0.25, -0.2) is 4.79 Å². The SMILES string of the molecule is CCC(C)/C=C/C=C/C(=O)OC1C=CC2=CC(=O)C(O)=CC2(C)C1C. The number of carbonyl (C=O) groups is 2. The van der Waals surface area contributed by atoms with Gasteiger partial charge in [0.15, 0.2) is 5.76 Å². The Labute approximate surface area is 149 Å². The predicted octanol–water partition coefficient (Wildman–Crippen LogP) is 4.22. The molecule has 25 heavy (non-hydrogen) atoms. The van der Waals surface area contributed by atoms with Crippen LogP contribution >= 0.6 is 0 Å². The second-order valence-electron chi connectivity index (χ2n) is 6.96. The Kier molecular flexibility index (Phi) is 5.83. The van der Waals surface area contributed by atoms with E-state index in [0.717, 1.165) is 12.0 Å². The molecule has 0 fully saturated rings. The number of ether oxygens (including phenoxy) is 1. The Hall–Kier alpha value is -2.36. The van der Waals surface area contributed by atoms with E-state index in [4.69, 9.17) is 4.74 Å². The molecule has 0 spiro atoms. The molecule has 0 amide bonds. The molecule has 2 aliphatic rings. The maximum absolute atomic E-state index is 12.0. The van der Waals surface area contributed by atoms with Crippen LogP contribution in [0, 0.1) is 17.3 Å². The van der Waals surface area contributed by atoms with Crippen LogP contribution in [0.3, 0.4) is 0 Å². The summed E-state index contributed by atoms with van der Waals surface area (Å²) >= 11 is 0. The molecule has 4 nitrogen and oxygen atoms in total. The number of esters is 1. The summed E-state index contributed by atoms with van der Waals surface area (Å²) in [6.07, 6.45) is 14.2. The highest BCUT2D eigenvalue weighted by Gasteiger charge is 2.43. The molecule has 0 radical (unpaired) electrons. The van der Waals surface area contributed by atoms with E-state index in [1.165, 1.54) is 12.2 Å². The Bertz CT molecular complexity index is 693. The predicted molar refractivity (Wildman–Crippen MR) is 97.8 cm³/mol. The van der Waals surface area contributed by atoms with E-state index in [0.29, 0.717) is 5.92 Å². The fourth-order valence-corrected chi connectivity index (χ4v) is 2.98. The van der Waals surface area contributed by atoms with E-state index in [9.17, 15) is 14.7 Å². The van der Waals surface area contributed by atoms with Crippen LogP contribution in [0.4, 0.5) is 0 Å². The van der Waals surface area contributed by atoms with Crippen molar-refractivity contribution < 1.29 is 19.4 Å². The number of hydrogen-bond donors (Lipinski definition) is 1. The average molecular weight is 342 g/mol. The molecule has 0 aromatic heterocycles. The third kappa shape index (κ3) is 4.19. The molecule has 0 saturated carbocycles. The Balaban J connectivity index is 2.07. The van der Waals surface area contributed by atoms with E-state index < -0.39 is 23.3 Å². The number of rotatable bonds is 5. The second-order valence-corrected chi connectivity index (χ2v) is 6.96. The highest BCUT2D eigenvalue weighted by atomic mass is 16.5. The molecule has 2 rings (SSSR count). The standard InChI is InChI=1S/C21H26O4/c1-5-14(2)8-6-7-9-20(24)25-19-11-10-16-12-17(22)18(23)13-21(16,4)15(19)3/h6-15,19,23H,5H2,1-4H3/b8-6+,9-7+. The highest BCUT2D eigenvalue weighted by Crippen LogP contribution is 2.46. The molecule has 134 valence electrons. The zero-order chi connectivity index (χ0) is 18.6. The maximum atomic E-state index is 12.0. The number of aliphatic hydroxyl groups is 1. The molecule has 0 saturated heterocycles. The molecule has 0 aromatic carbocycles. The monoisotopic (exact) mass is 342 g/mol. The topological polar surface area (TPSA) is 63.6 Å². The lowest BCUT2D eigenvalue weighted by Crippen LogP contribution is -2.40. The summed E-state index contributed by atoms with van der Waals surface area (Å²) in [5, 5.41) is 9.79. The first kappa shape index (κ1) is 19.0. The lowest BCUT2D eigenvalue weighted by Gasteiger charge is -2.42. The summed E-state index contributed by atoms with van der Waals surface area (Å²) in [7, 11) is 0. The number of hydrogen-bond acceptors (Lipinski definition) is 4. The lowest BCUT2D eigenvalue weighted by atomic mass is 9.64. The van der Waals surface area contributed by atoms with Gasteiger partial charge in [-0.3, -0.25) is 4.79 Å². The second kappa shape index (κ2) is 7.68. The Morgan fingerprint density at radius 1 is 1.44 bits per heavy atom. The van der Waals surface area contributed by atoms with Gasteiger partial charge < -0.3 is 9.84 Å². The van der Waals surface area contributed by atoms with Gasteiger partial charge in [0.1, 0.15) is 6.10 Å². The van der Waals surface area contributed by atoms with E-state index in [-0.39, 0.29) is 11.7 Å². The zero-order valence-corrected chi connectivity index (χ0v) is 15.2. The smallest absolute Gasteiger partial charge is 0.331 e. The highest BCUT2D eigenvalue weighted by molar-refractivity contribution is 6.04. The number of aliphatic hydroxyl groups excluding tert-OH is 1. The third-order valence-electron chi connectivity index (χ3n) is 5.18. The first-order valence-corrected chi connectivity index (χ1v) is 8.70. The van der Waals surface area contributed by atoms with Gasteiger partial charge in [-0.15, -0.1) is 0 Å². The molecule has 2 aliphatic carbocycles. The number of fused-ring (bicyclic) bond motifs is 1. The van der Waals surface area contributed by atoms with E-state index in [1.54, 1.807) is 24.3 Å². The molecule has 1 N–H and O–H groups in total. The largest absolute Gasteiger partial charge is 0.504 e. The molecule has 0 aromatic rings. The Morgan fingerprint density at radius 2 is 2.16 bits per heavy atom. The minimum absolute atomic E-state index is 0.105. The molecule has 0 bridgehead atoms. The fraction of sp³-hybridized carbons (Fsp3) is 0.429. The van der Waals surface area contributed by atoms with Crippen molar-refractivity contribution in [1.82, 2.24) is 0 Å². The molecule has 4 heteroatoms.